The van der Waals surface area contributed by atoms with Gasteiger partial charge in [0, 0.05) is 23.2 Å². The lowest BCUT2D eigenvalue weighted by Gasteiger charge is -2.10. The molecule has 2 aromatic carbocycles. The Bertz CT molecular complexity index is 952. The lowest BCUT2D eigenvalue weighted by molar-refractivity contribution is 0.262. The summed E-state index contributed by atoms with van der Waals surface area (Å²) in [7, 11) is 0. The topological polar surface area (TPSA) is 66.9 Å². The molecule has 2 aromatic heterocycles. The number of pyridine rings is 2. The first-order chi connectivity index (χ1) is 11.8. The van der Waals surface area contributed by atoms with Gasteiger partial charge in [0.05, 0.1) is 22.4 Å². The van der Waals surface area contributed by atoms with Gasteiger partial charge in [0.25, 0.3) is 0 Å². The molecule has 0 saturated heterocycles. The van der Waals surface area contributed by atoms with E-state index in [1.807, 2.05) is 60.7 Å². The highest BCUT2D eigenvalue weighted by Gasteiger charge is 2.09. The second-order valence-corrected chi connectivity index (χ2v) is 5.34. The summed E-state index contributed by atoms with van der Waals surface area (Å²) in [6.07, 6.45) is 3.42. The van der Waals surface area contributed by atoms with Crippen molar-refractivity contribution in [2.45, 2.75) is 0 Å². The standard InChI is InChI=1S/C19H14N4O/c24-19(22-15-9-1-5-13-7-3-11-20-17(13)15)23-16-10-2-6-14-8-4-12-21-18(14)16/h1-12H,(H2,22,23,24). The number of nitrogens with one attached hydrogen (secondary N) is 2. The average molecular weight is 314 g/mol. The summed E-state index contributed by atoms with van der Waals surface area (Å²) in [5.41, 5.74) is 2.84. The third kappa shape index (κ3) is 2.63. The number of anilines is 2. The van der Waals surface area contributed by atoms with E-state index >= 15 is 0 Å². The molecule has 4 rings (SSSR count). The summed E-state index contributed by atoms with van der Waals surface area (Å²) in [4.78, 5) is 21.1. The number of hydrogen-bond acceptors (Lipinski definition) is 3. The molecule has 5 heteroatoms. The molecule has 0 bridgehead atoms. The molecule has 0 aliphatic heterocycles. The molecular weight excluding hydrogens is 300 g/mol. The van der Waals surface area contributed by atoms with Gasteiger partial charge in [-0.1, -0.05) is 36.4 Å². The number of para-hydroxylation sites is 2. The predicted octanol–water partition coefficient (Wildman–Crippen LogP) is 4.43. The van der Waals surface area contributed by atoms with Gasteiger partial charge in [0.2, 0.25) is 0 Å². The van der Waals surface area contributed by atoms with Crippen LogP contribution in [0.25, 0.3) is 21.8 Å². The second-order valence-electron chi connectivity index (χ2n) is 5.34. The van der Waals surface area contributed by atoms with E-state index in [-0.39, 0.29) is 6.03 Å². The zero-order chi connectivity index (χ0) is 16.4. The normalized spacial score (nSPS) is 10.7. The van der Waals surface area contributed by atoms with E-state index in [0.29, 0.717) is 11.4 Å². The molecule has 0 fully saturated rings. The maximum atomic E-state index is 12.4. The number of carbonyl (C=O) groups is 1. The van der Waals surface area contributed by atoms with Crippen LogP contribution in [0.5, 0.6) is 0 Å². The van der Waals surface area contributed by atoms with Gasteiger partial charge in [0.15, 0.2) is 0 Å². The highest BCUT2D eigenvalue weighted by atomic mass is 16.2. The molecule has 0 aliphatic carbocycles. The molecule has 2 amide bonds. The second kappa shape index (κ2) is 5.96. The first kappa shape index (κ1) is 14.1. The van der Waals surface area contributed by atoms with E-state index in [2.05, 4.69) is 20.6 Å². The molecule has 0 radical (unpaired) electrons. The van der Waals surface area contributed by atoms with Gasteiger partial charge in [-0.2, -0.15) is 0 Å². The Balaban J connectivity index is 1.62. The maximum Gasteiger partial charge on any atom is 0.323 e. The molecule has 2 heterocycles. The average Bonchev–Trinajstić information content (AvgIpc) is 2.62. The van der Waals surface area contributed by atoms with Gasteiger partial charge in [-0.05, 0) is 24.3 Å². The zero-order valence-corrected chi connectivity index (χ0v) is 12.7. The Kier molecular flexibility index (Phi) is 3.51. The minimum absolute atomic E-state index is 0.327. The number of benzene rings is 2. The number of aromatic nitrogens is 2. The van der Waals surface area contributed by atoms with Crippen LogP contribution in [0.1, 0.15) is 0 Å². The summed E-state index contributed by atoms with van der Waals surface area (Å²) in [6, 6.07) is 18.7. The summed E-state index contributed by atoms with van der Waals surface area (Å²) in [6.45, 7) is 0. The maximum absolute atomic E-state index is 12.4. The van der Waals surface area contributed by atoms with Gasteiger partial charge in [-0.3, -0.25) is 9.97 Å². The zero-order valence-electron chi connectivity index (χ0n) is 12.7. The Morgan fingerprint density at radius 2 is 1.12 bits per heavy atom. The molecule has 5 nitrogen and oxygen atoms in total. The number of nitrogens with zero attached hydrogens (tertiary/aromatic N) is 2. The molecule has 116 valence electrons. The van der Waals surface area contributed by atoms with Crippen molar-refractivity contribution < 1.29 is 4.79 Å². The Hall–Kier alpha value is -3.47. The molecule has 0 spiro atoms. The highest BCUT2D eigenvalue weighted by molar-refractivity contribution is 6.08. The van der Waals surface area contributed by atoms with Crippen LogP contribution in [0.3, 0.4) is 0 Å². The van der Waals surface area contributed by atoms with Crippen molar-refractivity contribution >= 4 is 39.2 Å². The number of urea groups is 1. The van der Waals surface area contributed by atoms with E-state index in [1.165, 1.54) is 0 Å². The Morgan fingerprint density at radius 3 is 1.62 bits per heavy atom. The van der Waals surface area contributed by atoms with Crippen LogP contribution in [0, 0.1) is 0 Å². The molecule has 0 aliphatic rings. The quantitative estimate of drug-likeness (QED) is 0.575. The lowest BCUT2D eigenvalue weighted by Crippen LogP contribution is -2.20. The minimum atomic E-state index is -0.327. The van der Waals surface area contributed by atoms with Crippen LogP contribution in [-0.4, -0.2) is 16.0 Å². The van der Waals surface area contributed by atoms with Crippen molar-refractivity contribution in [2.24, 2.45) is 0 Å². The van der Waals surface area contributed by atoms with Crippen LogP contribution in [0.2, 0.25) is 0 Å². The summed E-state index contributed by atoms with van der Waals surface area (Å²) < 4.78 is 0. The van der Waals surface area contributed by atoms with E-state index < -0.39 is 0 Å². The Morgan fingerprint density at radius 1 is 0.667 bits per heavy atom. The highest BCUT2D eigenvalue weighted by Crippen LogP contribution is 2.23. The minimum Gasteiger partial charge on any atom is -0.306 e. The van der Waals surface area contributed by atoms with Gasteiger partial charge in [-0.15, -0.1) is 0 Å². The number of carbonyl (C=O) groups excluding carboxylic acids is 1. The van der Waals surface area contributed by atoms with Crippen molar-refractivity contribution in [1.29, 1.82) is 0 Å². The van der Waals surface area contributed by atoms with Crippen LogP contribution in [-0.2, 0) is 0 Å². The van der Waals surface area contributed by atoms with E-state index in [4.69, 9.17) is 0 Å². The van der Waals surface area contributed by atoms with Crippen molar-refractivity contribution in [1.82, 2.24) is 9.97 Å². The van der Waals surface area contributed by atoms with Crippen molar-refractivity contribution in [3.05, 3.63) is 73.1 Å². The van der Waals surface area contributed by atoms with E-state index in [9.17, 15) is 4.79 Å². The third-order valence-electron chi connectivity index (χ3n) is 3.76. The van der Waals surface area contributed by atoms with E-state index in [1.54, 1.807) is 12.4 Å². The smallest absolute Gasteiger partial charge is 0.306 e. The SMILES string of the molecule is O=C(Nc1cccc2cccnc12)Nc1cccc2cccnc12. The van der Waals surface area contributed by atoms with Crippen molar-refractivity contribution in [3.8, 4) is 0 Å². The Labute approximate surface area is 138 Å². The van der Waals surface area contributed by atoms with E-state index in [0.717, 1.165) is 21.8 Å². The van der Waals surface area contributed by atoms with Crippen LogP contribution in [0.4, 0.5) is 16.2 Å². The summed E-state index contributed by atoms with van der Waals surface area (Å²) >= 11 is 0. The molecule has 0 unspecified atom stereocenters. The van der Waals surface area contributed by atoms with Crippen LogP contribution in [0.15, 0.2) is 73.1 Å². The fourth-order valence-corrected chi connectivity index (χ4v) is 2.69. The van der Waals surface area contributed by atoms with Crippen LogP contribution < -0.4 is 10.6 Å². The van der Waals surface area contributed by atoms with Gasteiger partial charge >= 0.3 is 6.03 Å². The summed E-state index contributed by atoms with van der Waals surface area (Å²) in [5.74, 6) is 0. The number of rotatable bonds is 2. The fourth-order valence-electron chi connectivity index (χ4n) is 2.69. The third-order valence-corrected chi connectivity index (χ3v) is 3.76. The van der Waals surface area contributed by atoms with Crippen molar-refractivity contribution in [2.75, 3.05) is 10.6 Å². The molecule has 4 aromatic rings. The number of fused-ring (bicyclic) bond motifs is 2. The fraction of sp³-hybridized carbons (Fsp3) is 0. The first-order valence-corrected chi connectivity index (χ1v) is 7.57. The monoisotopic (exact) mass is 314 g/mol. The van der Waals surface area contributed by atoms with Gasteiger partial charge in [0.1, 0.15) is 0 Å². The number of amides is 2. The first-order valence-electron chi connectivity index (χ1n) is 7.57. The van der Waals surface area contributed by atoms with Crippen LogP contribution >= 0.6 is 0 Å². The molecule has 0 saturated carbocycles. The largest absolute Gasteiger partial charge is 0.323 e. The molecule has 0 atom stereocenters. The molecule has 24 heavy (non-hydrogen) atoms. The predicted molar refractivity (Wildman–Crippen MR) is 96.1 cm³/mol. The molecule has 2 N–H and O–H groups in total. The number of hydrogen-bond donors (Lipinski definition) is 2. The lowest BCUT2D eigenvalue weighted by atomic mass is 10.2. The molecular formula is C19H14N4O. The van der Waals surface area contributed by atoms with Gasteiger partial charge in [-0.25, -0.2) is 4.79 Å². The summed E-state index contributed by atoms with van der Waals surface area (Å²) in [5, 5.41) is 7.66. The van der Waals surface area contributed by atoms with Crippen molar-refractivity contribution in [3.63, 3.8) is 0 Å². The van der Waals surface area contributed by atoms with Gasteiger partial charge < -0.3 is 10.6 Å².